The highest BCUT2D eigenvalue weighted by Gasteiger charge is 2.27. The second kappa shape index (κ2) is 8.18. The van der Waals surface area contributed by atoms with Crippen molar-refractivity contribution in [3.63, 3.8) is 0 Å². The molecular weight excluding hydrogens is 370 g/mol. The first kappa shape index (κ1) is 19.4. The topological polar surface area (TPSA) is 101 Å². The van der Waals surface area contributed by atoms with Crippen LogP contribution in [-0.2, 0) is 13.1 Å². The van der Waals surface area contributed by atoms with E-state index in [1.165, 1.54) is 5.01 Å². The Morgan fingerprint density at radius 3 is 2.69 bits per heavy atom. The first-order valence-electron chi connectivity index (χ1n) is 9.77. The third-order valence-electron chi connectivity index (χ3n) is 5.39. The van der Waals surface area contributed by atoms with Gasteiger partial charge >= 0.3 is 6.03 Å². The van der Waals surface area contributed by atoms with Gasteiger partial charge < -0.3 is 20.4 Å². The third-order valence-corrected chi connectivity index (χ3v) is 5.39. The van der Waals surface area contributed by atoms with E-state index >= 15 is 0 Å². The van der Waals surface area contributed by atoms with Gasteiger partial charge in [0, 0.05) is 43.5 Å². The molecule has 2 aromatic rings. The van der Waals surface area contributed by atoms with Crippen LogP contribution < -0.4 is 5.32 Å². The summed E-state index contributed by atoms with van der Waals surface area (Å²) >= 11 is 0. The number of aromatic nitrogens is 1. The Hall–Kier alpha value is -2.97. The van der Waals surface area contributed by atoms with Crippen LogP contribution in [0.3, 0.4) is 0 Å². The molecule has 2 atom stereocenters. The predicted molar refractivity (Wildman–Crippen MR) is 109 cm³/mol. The maximum atomic E-state index is 12.6. The van der Waals surface area contributed by atoms with Gasteiger partial charge in [-0.25, -0.2) is 4.79 Å². The SMILES string of the molecule is CC1CC(O)N(CCO)N=C1c1ccc(NC(=O)N2Cc3ccncc3C2)cc1. The van der Waals surface area contributed by atoms with Crippen LogP contribution in [0, 0.1) is 5.92 Å². The summed E-state index contributed by atoms with van der Waals surface area (Å²) in [5.74, 6) is 0.0945. The molecule has 2 aliphatic rings. The Kier molecular flexibility index (Phi) is 5.46. The molecule has 3 N–H and O–H groups in total. The van der Waals surface area contributed by atoms with E-state index < -0.39 is 6.23 Å². The van der Waals surface area contributed by atoms with Crippen molar-refractivity contribution in [3.8, 4) is 0 Å². The van der Waals surface area contributed by atoms with E-state index in [0.717, 1.165) is 22.4 Å². The number of aliphatic hydroxyl groups excluding tert-OH is 2. The van der Waals surface area contributed by atoms with Gasteiger partial charge in [-0.2, -0.15) is 5.10 Å². The summed E-state index contributed by atoms with van der Waals surface area (Å²) in [5.41, 5.74) is 4.72. The Morgan fingerprint density at radius 2 is 1.97 bits per heavy atom. The summed E-state index contributed by atoms with van der Waals surface area (Å²) in [6, 6.07) is 9.35. The molecule has 0 aliphatic carbocycles. The fourth-order valence-electron chi connectivity index (χ4n) is 3.79. The molecule has 8 nitrogen and oxygen atoms in total. The first-order chi connectivity index (χ1) is 14.0. The highest BCUT2D eigenvalue weighted by atomic mass is 16.3. The second-order valence-corrected chi connectivity index (χ2v) is 7.50. The number of carbonyl (C=O) groups is 1. The molecule has 4 rings (SSSR count). The van der Waals surface area contributed by atoms with Gasteiger partial charge in [-0.1, -0.05) is 19.1 Å². The van der Waals surface area contributed by atoms with E-state index in [0.29, 0.717) is 31.7 Å². The van der Waals surface area contributed by atoms with Crippen LogP contribution in [0.25, 0.3) is 0 Å². The zero-order chi connectivity index (χ0) is 20.4. The van der Waals surface area contributed by atoms with Crippen molar-refractivity contribution in [1.29, 1.82) is 0 Å². The molecule has 3 heterocycles. The van der Waals surface area contributed by atoms with E-state index in [2.05, 4.69) is 15.4 Å². The zero-order valence-electron chi connectivity index (χ0n) is 16.3. The Morgan fingerprint density at radius 1 is 1.21 bits per heavy atom. The van der Waals surface area contributed by atoms with Crippen molar-refractivity contribution in [2.45, 2.75) is 32.7 Å². The van der Waals surface area contributed by atoms with Crippen molar-refractivity contribution >= 4 is 17.4 Å². The number of β-amino-alcohol motifs (C(OH)–C–C–N with tert-alkyl or cyclic N) is 1. The van der Waals surface area contributed by atoms with Crippen molar-refractivity contribution in [1.82, 2.24) is 14.9 Å². The molecule has 0 spiro atoms. The van der Waals surface area contributed by atoms with Crippen LogP contribution in [-0.4, -0.2) is 56.2 Å². The van der Waals surface area contributed by atoms with Crippen molar-refractivity contribution in [2.24, 2.45) is 11.0 Å². The molecule has 1 aromatic carbocycles. The number of nitrogens with one attached hydrogen (secondary N) is 1. The van der Waals surface area contributed by atoms with Crippen molar-refractivity contribution in [3.05, 3.63) is 59.4 Å². The number of amides is 2. The quantitative estimate of drug-likeness (QED) is 0.735. The monoisotopic (exact) mass is 395 g/mol. The number of fused-ring (bicyclic) bond motifs is 1. The summed E-state index contributed by atoms with van der Waals surface area (Å²) < 4.78 is 0. The molecule has 8 heteroatoms. The van der Waals surface area contributed by atoms with E-state index in [4.69, 9.17) is 5.11 Å². The second-order valence-electron chi connectivity index (χ2n) is 7.50. The number of anilines is 1. The molecule has 0 radical (unpaired) electrons. The number of hydrogen-bond donors (Lipinski definition) is 3. The third kappa shape index (κ3) is 4.08. The number of aliphatic hydroxyl groups is 2. The summed E-state index contributed by atoms with van der Waals surface area (Å²) in [6.45, 7) is 3.39. The lowest BCUT2D eigenvalue weighted by Gasteiger charge is -2.33. The van der Waals surface area contributed by atoms with E-state index in [-0.39, 0.29) is 18.6 Å². The number of benzene rings is 1. The molecule has 0 saturated carbocycles. The lowest BCUT2D eigenvalue weighted by atomic mass is 9.93. The van der Waals surface area contributed by atoms with Gasteiger partial charge in [-0.3, -0.25) is 9.99 Å². The zero-order valence-corrected chi connectivity index (χ0v) is 16.3. The van der Waals surface area contributed by atoms with Gasteiger partial charge in [0.25, 0.3) is 0 Å². The van der Waals surface area contributed by atoms with Gasteiger partial charge in [0.15, 0.2) is 0 Å². The molecule has 2 aliphatic heterocycles. The summed E-state index contributed by atoms with van der Waals surface area (Å²) in [6.07, 6.45) is 3.43. The molecule has 2 amide bonds. The highest BCUT2D eigenvalue weighted by Crippen LogP contribution is 2.25. The molecular formula is C21H25N5O3. The highest BCUT2D eigenvalue weighted by molar-refractivity contribution is 6.02. The van der Waals surface area contributed by atoms with Gasteiger partial charge in [0.05, 0.1) is 18.9 Å². The van der Waals surface area contributed by atoms with Gasteiger partial charge in [0.2, 0.25) is 0 Å². The maximum absolute atomic E-state index is 12.6. The predicted octanol–water partition coefficient (Wildman–Crippen LogP) is 1.99. The first-order valence-corrected chi connectivity index (χ1v) is 9.77. The maximum Gasteiger partial charge on any atom is 0.322 e. The molecule has 152 valence electrons. The fraction of sp³-hybridized carbons (Fsp3) is 0.381. The van der Waals surface area contributed by atoms with Crippen LogP contribution >= 0.6 is 0 Å². The van der Waals surface area contributed by atoms with Crippen LogP contribution in [0.1, 0.15) is 30.0 Å². The van der Waals surface area contributed by atoms with Crippen LogP contribution in [0.5, 0.6) is 0 Å². The molecule has 0 saturated heterocycles. The number of nitrogens with zero attached hydrogens (tertiary/aromatic N) is 4. The lowest BCUT2D eigenvalue weighted by Crippen LogP contribution is -2.41. The fourth-order valence-corrected chi connectivity index (χ4v) is 3.79. The number of hydrogen-bond acceptors (Lipinski definition) is 6. The Labute approximate surface area is 169 Å². The number of hydrazone groups is 1. The minimum atomic E-state index is -0.681. The van der Waals surface area contributed by atoms with Crippen LogP contribution in [0.15, 0.2) is 47.8 Å². The van der Waals surface area contributed by atoms with Crippen molar-refractivity contribution in [2.75, 3.05) is 18.5 Å². The van der Waals surface area contributed by atoms with Crippen molar-refractivity contribution < 1.29 is 15.0 Å². The van der Waals surface area contributed by atoms with Gasteiger partial charge in [0.1, 0.15) is 6.23 Å². The molecule has 0 bridgehead atoms. The Bertz CT molecular complexity index is 890. The van der Waals surface area contributed by atoms with Gasteiger partial charge in [-0.05, 0) is 34.9 Å². The average molecular weight is 395 g/mol. The Balaban J connectivity index is 1.43. The molecule has 1 aromatic heterocycles. The summed E-state index contributed by atoms with van der Waals surface area (Å²) in [4.78, 5) is 18.5. The largest absolute Gasteiger partial charge is 0.394 e. The number of carbonyl (C=O) groups excluding carboxylic acids is 1. The van der Waals surface area contributed by atoms with E-state index in [1.54, 1.807) is 17.3 Å². The lowest BCUT2D eigenvalue weighted by molar-refractivity contribution is -0.0224. The molecule has 2 unspecified atom stereocenters. The van der Waals surface area contributed by atoms with E-state index in [9.17, 15) is 9.90 Å². The smallest absolute Gasteiger partial charge is 0.322 e. The normalized spacial score (nSPS) is 21.0. The van der Waals surface area contributed by atoms with E-state index in [1.807, 2.05) is 37.3 Å². The minimum Gasteiger partial charge on any atom is -0.394 e. The number of urea groups is 1. The standard InChI is InChI=1S/C21H25N5O3/c1-14-10-19(28)26(8-9-27)24-20(14)15-2-4-18(5-3-15)23-21(29)25-12-16-6-7-22-11-17(16)13-25/h2-7,11,14,19,27-28H,8-10,12-13H2,1H3,(H,23,29). The summed E-state index contributed by atoms with van der Waals surface area (Å²) in [7, 11) is 0. The minimum absolute atomic E-state index is 0.0659. The number of rotatable bonds is 4. The molecule has 0 fully saturated rings. The number of pyridine rings is 1. The molecule has 29 heavy (non-hydrogen) atoms. The van der Waals surface area contributed by atoms with Crippen LogP contribution in [0.2, 0.25) is 0 Å². The average Bonchev–Trinajstić information content (AvgIpc) is 3.15. The summed E-state index contributed by atoms with van der Waals surface area (Å²) in [5, 5.41) is 28.2. The van der Waals surface area contributed by atoms with Gasteiger partial charge in [-0.15, -0.1) is 0 Å². The van der Waals surface area contributed by atoms with Crippen LogP contribution in [0.4, 0.5) is 10.5 Å².